The molecule has 0 aromatic carbocycles. The molecule has 1 aromatic heterocycles. The van der Waals surface area contributed by atoms with Gasteiger partial charge in [-0.2, -0.15) is 0 Å². The number of carbonyl (C=O) groups is 2. The van der Waals surface area contributed by atoms with Crippen LogP contribution in [0.2, 0.25) is 0 Å². The molecule has 1 rings (SSSR count). The summed E-state index contributed by atoms with van der Waals surface area (Å²) >= 11 is 0. The highest BCUT2D eigenvalue weighted by Crippen LogP contribution is 2.04. The molecule has 0 aliphatic heterocycles. The minimum absolute atomic E-state index is 0.00496. The zero-order valence-electron chi connectivity index (χ0n) is 10.9. The Hall–Kier alpha value is -1.85. The van der Waals surface area contributed by atoms with Gasteiger partial charge in [0.15, 0.2) is 0 Å². The molecule has 0 bridgehead atoms. The molecule has 100 valence electrons. The van der Waals surface area contributed by atoms with Crippen molar-refractivity contribution >= 4 is 11.9 Å². The van der Waals surface area contributed by atoms with Gasteiger partial charge in [-0.05, 0) is 5.92 Å². The first-order valence-electron chi connectivity index (χ1n) is 5.87. The molecule has 0 fully saturated rings. The Kier molecular flexibility index (Phi) is 5.35. The van der Waals surface area contributed by atoms with Crippen LogP contribution in [0.1, 0.15) is 20.3 Å². The number of hydrogen-bond donors (Lipinski definition) is 1. The standard InChI is InChI=1S/C12H19N3O3/c1-9(2)11(12(17)18-3)14-10(16)4-6-15-7-5-13-8-15/h5,7-9,11H,4,6H2,1-3H3,(H,14,16). The van der Waals surface area contributed by atoms with Gasteiger partial charge in [-0.1, -0.05) is 13.8 Å². The molecule has 18 heavy (non-hydrogen) atoms. The van der Waals surface area contributed by atoms with Crippen molar-refractivity contribution in [3.05, 3.63) is 18.7 Å². The molecular formula is C12H19N3O3. The van der Waals surface area contributed by atoms with E-state index in [0.29, 0.717) is 13.0 Å². The van der Waals surface area contributed by atoms with Gasteiger partial charge in [-0.25, -0.2) is 9.78 Å². The van der Waals surface area contributed by atoms with E-state index in [-0.39, 0.29) is 11.8 Å². The van der Waals surface area contributed by atoms with Crippen molar-refractivity contribution in [2.75, 3.05) is 7.11 Å². The monoisotopic (exact) mass is 253 g/mol. The molecule has 0 radical (unpaired) electrons. The Morgan fingerprint density at radius 3 is 2.67 bits per heavy atom. The number of esters is 1. The second kappa shape index (κ2) is 6.78. The van der Waals surface area contributed by atoms with Crippen molar-refractivity contribution in [2.24, 2.45) is 5.92 Å². The minimum Gasteiger partial charge on any atom is -0.467 e. The van der Waals surface area contributed by atoms with Crippen molar-refractivity contribution in [3.8, 4) is 0 Å². The van der Waals surface area contributed by atoms with Crippen LogP contribution >= 0.6 is 0 Å². The zero-order valence-corrected chi connectivity index (χ0v) is 10.9. The summed E-state index contributed by atoms with van der Waals surface area (Å²) in [5, 5.41) is 2.68. The fraction of sp³-hybridized carbons (Fsp3) is 0.583. The van der Waals surface area contributed by atoms with Gasteiger partial charge in [-0.15, -0.1) is 0 Å². The van der Waals surface area contributed by atoms with Crippen LogP contribution in [0.3, 0.4) is 0 Å². The molecule has 1 atom stereocenters. The third kappa shape index (κ3) is 4.20. The largest absolute Gasteiger partial charge is 0.467 e. The normalized spacial score (nSPS) is 12.2. The molecule has 0 aliphatic carbocycles. The molecule has 0 spiro atoms. The number of nitrogens with one attached hydrogen (secondary N) is 1. The van der Waals surface area contributed by atoms with E-state index in [1.807, 2.05) is 18.4 Å². The topological polar surface area (TPSA) is 73.2 Å². The number of imidazole rings is 1. The quantitative estimate of drug-likeness (QED) is 0.753. The maximum atomic E-state index is 11.7. The summed E-state index contributed by atoms with van der Waals surface area (Å²) in [6.07, 6.45) is 5.39. The molecule has 1 unspecified atom stereocenters. The number of methoxy groups -OCH3 is 1. The van der Waals surface area contributed by atoms with E-state index >= 15 is 0 Å². The Morgan fingerprint density at radius 2 is 2.17 bits per heavy atom. The Morgan fingerprint density at radius 1 is 1.44 bits per heavy atom. The van der Waals surface area contributed by atoms with Crippen LogP contribution in [0.4, 0.5) is 0 Å². The maximum absolute atomic E-state index is 11.7. The van der Waals surface area contributed by atoms with Crippen LogP contribution < -0.4 is 5.32 Å². The number of amides is 1. The number of rotatable bonds is 6. The third-order valence-corrected chi connectivity index (χ3v) is 2.59. The molecule has 1 amide bonds. The average molecular weight is 253 g/mol. The maximum Gasteiger partial charge on any atom is 0.328 e. The number of nitrogens with zero attached hydrogens (tertiary/aromatic N) is 2. The van der Waals surface area contributed by atoms with E-state index in [1.165, 1.54) is 7.11 Å². The number of carbonyl (C=O) groups excluding carboxylic acids is 2. The molecule has 0 saturated heterocycles. The first-order chi connectivity index (χ1) is 8.54. The summed E-state index contributed by atoms with van der Waals surface area (Å²) in [4.78, 5) is 27.1. The summed E-state index contributed by atoms with van der Waals surface area (Å²) in [5.41, 5.74) is 0. The van der Waals surface area contributed by atoms with Gasteiger partial charge in [0.05, 0.1) is 13.4 Å². The van der Waals surface area contributed by atoms with E-state index in [9.17, 15) is 9.59 Å². The summed E-state index contributed by atoms with van der Waals surface area (Å²) < 4.78 is 6.46. The number of aryl methyl sites for hydroxylation is 1. The van der Waals surface area contributed by atoms with Gasteiger partial charge in [0, 0.05) is 25.4 Å². The Labute approximate surface area is 106 Å². The summed E-state index contributed by atoms with van der Waals surface area (Å²) in [7, 11) is 1.31. The lowest BCUT2D eigenvalue weighted by Crippen LogP contribution is -2.45. The predicted molar refractivity (Wildman–Crippen MR) is 65.6 cm³/mol. The van der Waals surface area contributed by atoms with Gasteiger partial charge in [0.2, 0.25) is 5.91 Å². The van der Waals surface area contributed by atoms with E-state index in [1.54, 1.807) is 18.7 Å². The van der Waals surface area contributed by atoms with Crippen LogP contribution in [-0.2, 0) is 20.9 Å². The number of hydrogen-bond acceptors (Lipinski definition) is 4. The molecule has 1 N–H and O–H groups in total. The molecule has 6 heteroatoms. The molecule has 6 nitrogen and oxygen atoms in total. The van der Waals surface area contributed by atoms with Gasteiger partial charge in [0.25, 0.3) is 0 Å². The predicted octanol–water partition coefficient (Wildman–Crippen LogP) is 0.587. The van der Waals surface area contributed by atoms with Crippen molar-refractivity contribution in [1.29, 1.82) is 0 Å². The van der Waals surface area contributed by atoms with Crippen LogP contribution in [-0.4, -0.2) is 34.6 Å². The lowest BCUT2D eigenvalue weighted by Gasteiger charge is -2.19. The van der Waals surface area contributed by atoms with Crippen LogP contribution in [0, 0.1) is 5.92 Å². The van der Waals surface area contributed by atoms with Crippen molar-refractivity contribution < 1.29 is 14.3 Å². The smallest absolute Gasteiger partial charge is 0.328 e. The first kappa shape index (κ1) is 14.2. The highest BCUT2D eigenvalue weighted by Gasteiger charge is 2.24. The van der Waals surface area contributed by atoms with E-state index in [0.717, 1.165) is 0 Å². The molecule has 0 saturated carbocycles. The molecular weight excluding hydrogens is 234 g/mol. The van der Waals surface area contributed by atoms with Crippen molar-refractivity contribution in [3.63, 3.8) is 0 Å². The summed E-state index contributed by atoms with van der Waals surface area (Å²) in [5.74, 6) is -0.594. The molecule has 1 aromatic rings. The second-order valence-corrected chi connectivity index (χ2v) is 4.36. The van der Waals surface area contributed by atoms with Gasteiger partial charge in [-0.3, -0.25) is 4.79 Å². The second-order valence-electron chi connectivity index (χ2n) is 4.36. The van der Waals surface area contributed by atoms with E-state index in [4.69, 9.17) is 0 Å². The van der Waals surface area contributed by atoms with E-state index < -0.39 is 12.0 Å². The van der Waals surface area contributed by atoms with Crippen LogP contribution in [0.15, 0.2) is 18.7 Å². The minimum atomic E-state index is -0.592. The van der Waals surface area contributed by atoms with Crippen molar-refractivity contribution in [1.82, 2.24) is 14.9 Å². The summed E-state index contributed by atoms with van der Waals surface area (Å²) in [6, 6.07) is -0.592. The lowest BCUT2D eigenvalue weighted by atomic mass is 10.0. The highest BCUT2D eigenvalue weighted by molar-refractivity contribution is 5.84. The highest BCUT2D eigenvalue weighted by atomic mass is 16.5. The summed E-state index contributed by atoms with van der Waals surface area (Å²) in [6.45, 7) is 4.26. The zero-order chi connectivity index (χ0) is 13.5. The van der Waals surface area contributed by atoms with Gasteiger partial charge < -0.3 is 14.6 Å². The third-order valence-electron chi connectivity index (χ3n) is 2.59. The van der Waals surface area contributed by atoms with Gasteiger partial charge in [0.1, 0.15) is 6.04 Å². The Balaban J connectivity index is 2.44. The van der Waals surface area contributed by atoms with E-state index in [2.05, 4.69) is 15.0 Å². The lowest BCUT2D eigenvalue weighted by molar-refractivity contribution is -0.146. The van der Waals surface area contributed by atoms with Gasteiger partial charge >= 0.3 is 5.97 Å². The van der Waals surface area contributed by atoms with Crippen LogP contribution in [0.5, 0.6) is 0 Å². The first-order valence-corrected chi connectivity index (χ1v) is 5.87. The van der Waals surface area contributed by atoms with Crippen LogP contribution in [0.25, 0.3) is 0 Å². The SMILES string of the molecule is COC(=O)C(NC(=O)CCn1ccnc1)C(C)C. The fourth-order valence-electron chi connectivity index (χ4n) is 1.52. The fourth-order valence-corrected chi connectivity index (χ4v) is 1.52. The average Bonchev–Trinajstić information content (AvgIpc) is 2.85. The number of ether oxygens (including phenoxy) is 1. The Bertz CT molecular complexity index is 387. The molecule has 0 aliphatic rings. The number of aromatic nitrogens is 2. The van der Waals surface area contributed by atoms with Crippen molar-refractivity contribution in [2.45, 2.75) is 32.9 Å². The molecule has 1 heterocycles.